The lowest BCUT2D eigenvalue weighted by Crippen LogP contribution is -2.30. The highest BCUT2D eigenvalue weighted by atomic mass is 35.5. The molecule has 0 unspecified atom stereocenters. The highest BCUT2D eigenvalue weighted by molar-refractivity contribution is 7.91. The Morgan fingerprint density at radius 2 is 1.83 bits per heavy atom. The van der Waals surface area contributed by atoms with E-state index in [2.05, 4.69) is 10.3 Å². The number of Topliss-reactive ketones (excluding diaryl/α,β-unsaturated/α-hetero) is 1. The van der Waals surface area contributed by atoms with Crippen LogP contribution in [0, 0.1) is 11.3 Å². The van der Waals surface area contributed by atoms with Crippen molar-refractivity contribution in [2.45, 2.75) is 38.0 Å². The van der Waals surface area contributed by atoms with Gasteiger partial charge in [-0.1, -0.05) is 24.6 Å². The third-order valence-electron chi connectivity index (χ3n) is 5.66. The van der Waals surface area contributed by atoms with Crippen LogP contribution in [0.3, 0.4) is 0 Å². The summed E-state index contributed by atoms with van der Waals surface area (Å²) in [6.45, 7) is 6.37. The number of anilines is 1. The molecule has 35 heavy (non-hydrogen) atoms. The Balaban J connectivity index is 2.03. The summed E-state index contributed by atoms with van der Waals surface area (Å²) in [5.41, 5.74) is 1.54. The van der Waals surface area contributed by atoms with Crippen molar-refractivity contribution in [1.29, 1.82) is 5.26 Å². The quantitative estimate of drug-likeness (QED) is 0.438. The summed E-state index contributed by atoms with van der Waals surface area (Å²) in [6, 6.07) is 14.5. The maximum atomic E-state index is 13.3. The molecule has 0 atom stereocenters. The van der Waals surface area contributed by atoms with Gasteiger partial charge in [0.15, 0.2) is 15.6 Å². The topological polar surface area (TPSA) is 117 Å². The van der Waals surface area contributed by atoms with Crippen LogP contribution in [0.5, 0.6) is 0 Å². The molecule has 3 rings (SSSR count). The van der Waals surface area contributed by atoms with Gasteiger partial charge in [0.25, 0.3) is 0 Å². The van der Waals surface area contributed by atoms with E-state index in [4.69, 9.17) is 11.6 Å². The zero-order valence-corrected chi connectivity index (χ0v) is 21.3. The summed E-state index contributed by atoms with van der Waals surface area (Å²) in [6.07, 6.45) is 1.46. The van der Waals surface area contributed by atoms with Crippen molar-refractivity contribution >= 4 is 38.8 Å². The van der Waals surface area contributed by atoms with Crippen LogP contribution >= 0.6 is 11.6 Å². The lowest BCUT2D eigenvalue weighted by atomic mass is 9.78. The van der Waals surface area contributed by atoms with Crippen molar-refractivity contribution in [3.05, 3.63) is 76.6 Å². The average molecular weight is 510 g/mol. The maximum absolute atomic E-state index is 13.3. The van der Waals surface area contributed by atoms with Crippen LogP contribution in [-0.2, 0) is 20.0 Å². The Bertz CT molecular complexity index is 1460. The number of sulfone groups is 1. The Labute approximate surface area is 209 Å². The molecule has 0 bridgehead atoms. The molecule has 0 aliphatic rings. The number of halogens is 1. The summed E-state index contributed by atoms with van der Waals surface area (Å²) in [7, 11) is -3.48. The summed E-state index contributed by atoms with van der Waals surface area (Å²) in [5, 5.41) is 12.3. The number of nitrogens with one attached hydrogen (secondary N) is 1. The molecule has 2 aromatic carbocycles. The molecule has 1 amide bonds. The smallest absolute Gasteiger partial charge is 0.221 e. The fraction of sp³-hybridized carbons (Fsp3) is 0.231. The third-order valence-corrected chi connectivity index (χ3v) is 7.61. The predicted molar refractivity (Wildman–Crippen MR) is 135 cm³/mol. The van der Waals surface area contributed by atoms with Crippen molar-refractivity contribution in [3.63, 3.8) is 0 Å². The molecule has 0 radical (unpaired) electrons. The fourth-order valence-electron chi connectivity index (χ4n) is 3.57. The molecule has 0 saturated carbocycles. The van der Waals surface area contributed by atoms with Crippen LogP contribution in [0.15, 0.2) is 59.6 Å². The maximum Gasteiger partial charge on any atom is 0.221 e. The van der Waals surface area contributed by atoms with Crippen molar-refractivity contribution in [1.82, 2.24) is 4.98 Å². The van der Waals surface area contributed by atoms with Gasteiger partial charge in [0.1, 0.15) is 5.69 Å². The van der Waals surface area contributed by atoms with Crippen molar-refractivity contribution in [2.24, 2.45) is 0 Å². The van der Waals surface area contributed by atoms with Crippen molar-refractivity contribution < 1.29 is 18.0 Å². The second-order valence-corrected chi connectivity index (χ2v) is 11.2. The highest BCUT2D eigenvalue weighted by Crippen LogP contribution is 2.33. The van der Waals surface area contributed by atoms with Crippen molar-refractivity contribution in [3.8, 4) is 17.2 Å². The second-order valence-electron chi connectivity index (χ2n) is 8.52. The molecule has 180 valence electrons. The number of amides is 1. The van der Waals surface area contributed by atoms with Crippen LogP contribution in [0.1, 0.15) is 49.3 Å². The number of aromatic nitrogens is 1. The molecule has 0 saturated heterocycles. The van der Waals surface area contributed by atoms with Crippen LogP contribution in [-0.4, -0.2) is 30.8 Å². The number of hydrogen-bond donors (Lipinski definition) is 1. The Kier molecular flexibility index (Phi) is 7.44. The van der Waals surface area contributed by atoms with E-state index in [1.165, 1.54) is 37.4 Å². The van der Waals surface area contributed by atoms with Gasteiger partial charge < -0.3 is 5.32 Å². The van der Waals surface area contributed by atoms with E-state index in [-0.39, 0.29) is 28.0 Å². The molecule has 9 heteroatoms. The third kappa shape index (κ3) is 5.59. The minimum Gasteiger partial charge on any atom is -0.326 e. The van der Waals surface area contributed by atoms with E-state index in [9.17, 15) is 23.3 Å². The highest BCUT2D eigenvalue weighted by Gasteiger charge is 2.32. The van der Waals surface area contributed by atoms with Gasteiger partial charge >= 0.3 is 0 Å². The number of rotatable bonds is 7. The Morgan fingerprint density at radius 1 is 1.11 bits per heavy atom. The summed E-state index contributed by atoms with van der Waals surface area (Å²) in [4.78, 5) is 29.5. The number of carbonyl (C=O) groups is 2. The minimum atomic E-state index is -3.48. The van der Waals surface area contributed by atoms with Gasteiger partial charge in [-0.05, 0) is 61.9 Å². The van der Waals surface area contributed by atoms with E-state index in [0.717, 1.165) is 0 Å². The van der Waals surface area contributed by atoms with E-state index in [1.54, 1.807) is 45.0 Å². The van der Waals surface area contributed by atoms with Crippen molar-refractivity contribution in [2.75, 3.05) is 11.1 Å². The number of pyridine rings is 1. The Hall–Kier alpha value is -3.54. The monoisotopic (exact) mass is 509 g/mol. The zero-order valence-electron chi connectivity index (χ0n) is 19.7. The van der Waals surface area contributed by atoms with Gasteiger partial charge in [0.2, 0.25) is 5.91 Å². The van der Waals surface area contributed by atoms with E-state index >= 15 is 0 Å². The number of nitriles is 1. The number of benzene rings is 2. The molecule has 7 nitrogen and oxygen atoms in total. The van der Waals surface area contributed by atoms with Crippen LogP contribution in [0.4, 0.5) is 5.69 Å². The second kappa shape index (κ2) is 9.98. The molecule has 1 heterocycles. The number of ketones is 1. The van der Waals surface area contributed by atoms with Gasteiger partial charge in [0, 0.05) is 35.0 Å². The number of carbonyl (C=O) groups excluding carboxylic acids is 2. The normalized spacial score (nSPS) is 11.5. The first-order valence-electron chi connectivity index (χ1n) is 10.8. The van der Waals surface area contributed by atoms with Gasteiger partial charge in [-0.25, -0.2) is 8.42 Å². The molecular weight excluding hydrogens is 486 g/mol. The molecule has 0 fully saturated rings. The number of hydrogen-bond acceptors (Lipinski definition) is 6. The van der Waals surface area contributed by atoms with E-state index in [0.29, 0.717) is 33.0 Å². The van der Waals surface area contributed by atoms with Crippen LogP contribution in [0.2, 0.25) is 5.02 Å². The lowest BCUT2D eigenvalue weighted by Gasteiger charge is -2.24. The molecule has 1 aromatic heterocycles. The standard InChI is InChI=1S/C26H24ClN3O4S/c1-5-35(33,34)21-7-9-23(30-16(2)31)22(13-21)18-6-8-24(29-15-18)25(32)26(3,4)19-10-17(14-28)11-20(27)12-19/h6-13,15H,5H2,1-4H3,(H,30,31). The van der Waals surface area contributed by atoms with E-state index in [1.807, 2.05) is 6.07 Å². The average Bonchev–Trinajstić information content (AvgIpc) is 2.83. The molecule has 0 aliphatic carbocycles. The largest absolute Gasteiger partial charge is 0.326 e. The SMILES string of the molecule is CCS(=O)(=O)c1ccc(NC(C)=O)c(-c2ccc(C(=O)C(C)(C)c3cc(Cl)cc(C#N)c3)nc2)c1. The van der Waals surface area contributed by atoms with Crippen LogP contribution in [0.25, 0.3) is 11.1 Å². The molecule has 1 N–H and O–H groups in total. The fourth-order valence-corrected chi connectivity index (χ4v) is 4.72. The van der Waals surface area contributed by atoms with Crippen LogP contribution < -0.4 is 5.32 Å². The molecule has 3 aromatic rings. The first-order valence-corrected chi connectivity index (χ1v) is 12.8. The van der Waals surface area contributed by atoms with E-state index < -0.39 is 15.3 Å². The summed E-state index contributed by atoms with van der Waals surface area (Å²) < 4.78 is 24.8. The van der Waals surface area contributed by atoms with Gasteiger partial charge in [-0.15, -0.1) is 0 Å². The van der Waals surface area contributed by atoms with Gasteiger partial charge in [-0.3, -0.25) is 14.6 Å². The van der Waals surface area contributed by atoms with Gasteiger partial charge in [-0.2, -0.15) is 5.26 Å². The van der Waals surface area contributed by atoms with Gasteiger partial charge in [0.05, 0.1) is 27.7 Å². The Morgan fingerprint density at radius 3 is 2.40 bits per heavy atom. The lowest BCUT2D eigenvalue weighted by molar-refractivity contribution is -0.114. The molecular formula is C26H24ClN3O4S. The predicted octanol–water partition coefficient (Wildman–Crippen LogP) is 5.19. The molecule has 0 spiro atoms. The summed E-state index contributed by atoms with van der Waals surface area (Å²) in [5.74, 6) is -0.652. The first kappa shape index (κ1) is 26.1. The summed E-state index contributed by atoms with van der Waals surface area (Å²) >= 11 is 6.13. The number of nitrogens with zero attached hydrogens (tertiary/aromatic N) is 2. The zero-order chi connectivity index (χ0) is 26.0. The first-order chi connectivity index (χ1) is 16.4. The minimum absolute atomic E-state index is 0.0658. The molecule has 0 aliphatic heterocycles.